The Hall–Kier alpha value is -1.91. The fourth-order valence-electron chi connectivity index (χ4n) is 1.37. The average molecular weight is 219 g/mol. The van der Waals surface area contributed by atoms with Crippen molar-refractivity contribution < 1.29 is 9.63 Å². The van der Waals surface area contributed by atoms with Gasteiger partial charge in [-0.25, -0.2) is 0 Å². The number of unbranched alkanes of at least 4 members (excludes halogenated alkanes) is 1. The summed E-state index contributed by atoms with van der Waals surface area (Å²) in [5, 5.41) is 13.4. The molecular weight excluding hydrogens is 206 g/mol. The molecule has 2 rings (SSSR count). The van der Waals surface area contributed by atoms with Gasteiger partial charge in [0.25, 0.3) is 5.89 Å². The van der Waals surface area contributed by atoms with E-state index in [-0.39, 0.29) is 5.75 Å². The molecule has 2 aromatic rings. The number of rotatable bonds is 4. The van der Waals surface area contributed by atoms with Crippen molar-refractivity contribution in [2.75, 3.05) is 0 Å². The van der Waals surface area contributed by atoms with Crippen LogP contribution in [0.2, 0.25) is 0 Å². The van der Waals surface area contributed by atoms with Crippen LogP contribution in [-0.4, -0.2) is 20.2 Å². The van der Waals surface area contributed by atoms with Gasteiger partial charge in [-0.05, 0) is 12.5 Å². The smallest absolute Gasteiger partial charge is 0.261 e. The minimum absolute atomic E-state index is 0.0493. The van der Waals surface area contributed by atoms with Gasteiger partial charge in [0.15, 0.2) is 5.82 Å². The van der Waals surface area contributed by atoms with E-state index in [9.17, 15) is 5.11 Å². The van der Waals surface area contributed by atoms with Crippen molar-refractivity contribution in [3.8, 4) is 17.2 Å². The van der Waals surface area contributed by atoms with E-state index < -0.39 is 0 Å². The molecule has 0 unspecified atom stereocenters. The standard InChI is InChI=1S/C11H13N3O2/c1-2-3-4-10-13-11(16-14-10)8-5-6-12-7-9(8)15/h5-7,15H,2-4H2,1H3. The highest BCUT2D eigenvalue weighted by Crippen LogP contribution is 2.25. The number of aromatic hydroxyl groups is 1. The lowest BCUT2D eigenvalue weighted by atomic mass is 10.2. The number of hydrogen-bond acceptors (Lipinski definition) is 5. The molecule has 0 radical (unpaired) electrons. The molecule has 1 N–H and O–H groups in total. The van der Waals surface area contributed by atoms with Gasteiger partial charge in [-0.1, -0.05) is 18.5 Å². The maximum atomic E-state index is 9.56. The van der Waals surface area contributed by atoms with Gasteiger partial charge >= 0.3 is 0 Å². The summed E-state index contributed by atoms with van der Waals surface area (Å²) in [6.07, 6.45) is 5.84. The first-order valence-corrected chi connectivity index (χ1v) is 5.27. The molecule has 2 heterocycles. The molecule has 0 aliphatic heterocycles. The van der Waals surface area contributed by atoms with Crippen molar-refractivity contribution >= 4 is 0 Å². The zero-order chi connectivity index (χ0) is 11.4. The van der Waals surface area contributed by atoms with Crippen LogP contribution >= 0.6 is 0 Å². The largest absolute Gasteiger partial charge is 0.505 e. The van der Waals surface area contributed by atoms with Crippen LogP contribution in [0.3, 0.4) is 0 Å². The maximum absolute atomic E-state index is 9.56. The minimum Gasteiger partial charge on any atom is -0.505 e. The predicted molar refractivity (Wildman–Crippen MR) is 57.8 cm³/mol. The molecule has 0 aromatic carbocycles. The molecular formula is C11H13N3O2. The molecule has 2 aromatic heterocycles. The third-order valence-electron chi connectivity index (χ3n) is 2.25. The lowest BCUT2D eigenvalue weighted by Crippen LogP contribution is -1.87. The van der Waals surface area contributed by atoms with Gasteiger partial charge in [0.1, 0.15) is 5.75 Å². The van der Waals surface area contributed by atoms with Crippen LogP contribution in [0, 0.1) is 0 Å². The van der Waals surface area contributed by atoms with E-state index in [2.05, 4.69) is 22.0 Å². The Bertz CT molecular complexity index is 468. The molecule has 84 valence electrons. The fourth-order valence-corrected chi connectivity index (χ4v) is 1.37. The number of hydrogen-bond donors (Lipinski definition) is 1. The monoisotopic (exact) mass is 219 g/mol. The van der Waals surface area contributed by atoms with E-state index in [0.717, 1.165) is 19.3 Å². The molecule has 0 saturated carbocycles. The lowest BCUT2D eigenvalue weighted by Gasteiger charge is -1.95. The minimum atomic E-state index is 0.0493. The van der Waals surface area contributed by atoms with Crippen LogP contribution in [0.15, 0.2) is 23.0 Å². The van der Waals surface area contributed by atoms with Crippen LogP contribution < -0.4 is 0 Å². The Balaban J connectivity index is 2.22. The summed E-state index contributed by atoms with van der Waals surface area (Å²) in [7, 11) is 0. The van der Waals surface area contributed by atoms with E-state index >= 15 is 0 Å². The Morgan fingerprint density at radius 3 is 3.06 bits per heavy atom. The van der Waals surface area contributed by atoms with Crippen LogP contribution in [0.4, 0.5) is 0 Å². The number of nitrogens with zero attached hydrogens (tertiary/aromatic N) is 3. The van der Waals surface area contributed by atoms with Crippen LogP contribution in [0.25, 0.3) is 11.5 Å². The molecule has 0 spiro atoms. The van der Waals surface area contributed by atoms with Crippen LogP contribution in [0.5, 0.6) is 5.75 Å². The molecule has 0 bridgehead atoms. The maximum Gasteiger partial charge on any atom is 0.261 e. The molecule has 0 saturated heterocycles. The van der Waals surface area contributed by atoms with Gasteiger partial charge in [0.05, 0.1) is 11.8 Å². The first kappa shape index (κ1) is 10.6. The van der Waals surface area contributed by atoms with Gasteiger partial charge in [-0.3, -0.25) is 4.98 Å². The second-order valence-corrected chi connectivity index (χ2v) is 3.51. The lowest BCUT2D eigenvalue weighted by molar-refractivity contribution is 0.416. The molecule has 5 heteroatoms. The molecule has 0 aliphatic carbocycles. The second kappa shape index (κ2) is 4.74. The van der Waals surface area contributed by atoms with Gasteiger partial charge in [0.2, 0.25) is 0 Å². The summed E-state index contributed by atoms with van der Waals surface area (Å²) in [5.41, 5.74) is 0.519. The molecule has 16 heavy (non-hydrogen) atoms. The van der Waals surface area contributed by atoms with Crippen LogP contribution in [-0.2, 0) is 6.42 Å². The Morgan fingerprint density at radius 1 is 1.44 bits per heavy atom. The van der Waals surface area contributed by atoms with Crippen molar-refractivity contribution in [3.63, 3.8) is 0 Å². The van der Waals surface area contributed by atoms with Gasteiger partial charge in [0, 0.05) is 12.6 Å². The van der Waals surface area contributed by atoms with Crippen molar-refractivity contribution in [3.05, 3.63) is 24.3 Å². The zero-order valence-electron chi connectivity index (χ0n) is 9.05. The molecule has 0 fully saturated rings. The van der Waals surface area contributed by atoms with E-state index in [4.69, 9.17) is 4.52 Å². The number of aryl methyl sites for hydroxylation is 1. The van der Waals surface area contributed by atoms with Crippen molar-refractivity contribution in [2.45, 2.75) is 26.2 Å². The van der Waals surface area contributed by atoms with Crippen LogP contribution in [0.1, 0.15) is 25.6 Å². The third-order valence-corrected chi connectivity index (χ3v) is 2.25. The summed E-state index contributed by atoms with van der Waals surface area (Å²) in [6.45, 7) is 2.11. The fraction of sp³-hybridized carbons (Fsp3) is 0.364. The van der Waals surface area contributed by atoms with Crippen molar-refractivity contribution in [1.29, 1.82) is 0 Å². The van der Waals surface area contributed by atoms with E-state index in [1.807, 2.05) is 0 Å². The highest BCUT2D eigenvalue weighted by molar-refractivity contribution is 5.60. The summed E-state index contributed by atoms with van der Waals surface area (Å²) in [5.74, 6) is 1.06. The topological polar surface area (TPSA) is 72.0 Å². The van der Waals surface area contributed by atoms with Gasteiger partial charge in [-0.15, -0.1) is 0 Å². The SMILES string of the molecule is CCCCc1noc(-c2ccncc2O)n1. The van der Waals surface area contributed by atoms with Crippen molar-refractivity contribution in [1.82, 2.24) is 15.1 Å². The highest BCUT2D eigenvalue weighted by Gasteiger charge is 2.11. The second-order valence-electron chi connectivity index (χ2n) is 3.51. The van der Waals surface area contributed by atoms with E-state index in [0.29, 0.717) is 17.3 Å². The summed E-state index contributed by atoms with van der Waals surface area (Å²) >= 11 is 0. The summed E-state index contributed by atoms with van der Waals surface area (Å²) in [6, 6.07) is 1.65. The Labute approximate surface area is 93.1 Å². The normalized spacial score (nSPS) is 10.6. The summed E-state index contributed by atoms with van der Waals surface area (Å²) < 4.78 is 5.08. The third kappa shape index (κ3) is 2.18. The molecule has 0 atom stereocenters. The van der Waals surface area contributed by atoms with Gasteiger partial charge in [-0.2, -0.15) is 4.98 Å². The first-order valence-electron chi connectivity index (χ1n) is 5.27. The Morgan fingerprint density at radius 2 is 2.31 bits per heavy atom. The zero-order valence-corrected chi connectivity index (χ0v) is 9.05. The molecule has 0 amide bonds. The Kier molecular flexibility index (Phi) is 3.14. The summed E-state index contributed by atoms with van der Waals surface area (Å²) in [4.78, 5) is 8.00. The van der Waals surface area contributed by atoms with E-state index in [1.54, 1.807) is 12.3 Å². The number of aromatic nitrogens is 3. The average Bonchev–Trinajstić information content (AvgIpc) is 2.75. The van der Waals surface area contributed by atoms with Gasteiger partial charge < -0.3 is 9.63 Å². The van der Waals surface area contributed by atoms with E-state index in [1.165, 1.54) is 6.20 Å². The highest BCUT2D eigenvalue weighted by atomic mass is 16.5. The first-order chi connectivity index (χ1) is 7.81. The van der Waals surface area contributed by atoms with Crippen molar-refractivity contribution in [2.24, 2.45) is 0 Å². The predicted octanol–water partition coefficient (Wildman–Crippen LogP) is 2.18. The molecule has 5 nitrogen and oxygen atoms in total. The number of pyridine rings is 1. The quantitative estimate of drug-likeness (QED) is 0.853. The molecule has 0 aliphatic rings.